The summed E-state index contributed by atoms with van der Waals surface area (Å²) in [5, 5.41) is 8.33. The minimum atomic E-state index is -0.193. The Hall–Kier alpha value is -2.54. The van der Waals surface area contributed by atoms with Gasteiger partial charge in [-0.2, -0.15) is 0 Å². The molecule has 1 heterocycles. The van der Waals surface area contributed by atoms with Gasteiger partial charge in [0.2, 0.25) is 0 Å². The monoisotopic (exact) mass is 347 g/mol. The molecule has 7 heteroatoms. The van der Waals surface area contributed by atoms with Crippen LogP contribution in [0.4, 0.5) is 5.13 Å². The number of nitrogens with one attached hydrogen (secondary N) is 2. The molecule has 1 amide bonds. The van der Waals surface area contributed by atoms with Gasteiger partial charge in [0.1, 0.15) is 0 Å². The highest BCUT2D eigenvalue weighted by molar-refractivity contribution is 7.13. The molecule has 128 valence electrons. The van der Waals surface area contributed by atoms with Crippen LogP contribution in [0, 0.1) is 0 Å². The maximum atomic E-state index is 11.8. The Balaban J connectivity index is 1.82. The summed E-state index contributed by atoms with van der Waals surface area (Å²) in [5.74, 6) is 1.23. The molecule has 24 heavy (non-hydrogen) atoms. The minimum absolute atomic E-state index is 0.193. The summed E-state index contributed by atoms with van der Waals surface area (Å²) >= 11 is 1.39. The van der Waals surface area contributed by atoms with E-state index >= 15 is 0 Å². The fraction of sp³-hybridized carbons (Fsp3) is 0.294. The second kappa shape index (κ2) is 8.93. The molecule has 2 rings (SSSR count). The molecule has 0 aliphatic carbocycles. The first-order chi connectivity index (χ1) is 11.6. The highest BCUT2D eigenvalue weighted by Gasteiger charge is 2.05. The number of hydrogen-bond donors (Lipinski definition) is 2. The Kier molecular flexibility index (Phi) is 6.62. The van der Waals surface area contributed by atoms with Crippen molar-refractivity contribution in [1.82, 2.24) is 10.3 Å². The third-order valence-corrected chi connectivity index (χ3v) is 3.96. The Morgan fingerprint density at radius 3 is 2.75 bits per heavy atom. The van der Waals surface area contributed by atoms with Crippen LogP contribution < -0.4 is 20.1 Å². The molecule has 0 radical (unpaired) electrons. The topological polar surface area (TPSA) is 72.5 Å². The quantitative estimate of drug-likeness (QED) is 0.719. The number of anilines is 1. The lowest BCUT2D eigenvalue weighted by molar-refractivity contribution is -0.112. The molecule has 0 aliphatic rings. The second-order valence-corrected chi connectivity index (χ2v) is 5.91. The van der Waals surface area contributed by atoms with Crippen molar-refractivity contribution >= 4 is 22.4 Å². The van der Waals surface area contributed by atoms with Gasteiger partial charge < -0.3 is 14.8 Å². The van der Waals surface area contributed by atoms with Gasteiger partial charge in [-0.05, 0) is 31.0 Å². The van der Waals surface area contributed by atoms with E-state index in [2.05, 4.69) is 15.6 Å². The Morgan fingerprint density at radius 2 is 2.08 bits per heavy atom. The zero-order chi connectivity index (χ0) is 17.4. The van der Waals surface area contributed by atoms with E-state index in [1.165, 1.54) is 17.4 Å². The number of carbonyl (C=O) groups is 1. The first-order valence-electron chi connectivity index (χ1n) is 7.46. The van der Waals surface area contributed by atoms with Gasteiger partial charge in [-0.15, -0.1) is 11.3 Å². The average Bonchev–Trinajstić information content (AvgIpc) is 3.07. The van der Waals surface area contributed by atoms with E-state index in [-0.39, 0.29) is 5.91 Å². The van der Waals surface area contributed by atoms with E-state index in [1.54, 1.807) is 20.4 Å². The average molecular weight is 347 g/mol. The lowest BCUT2D eigenvalue weighted by Crippen LogP contribution is -2.18. The lowest BCUT2D eigenvalue weighted by Gasteiger charge is -2.10. The molecule has 2 aromatic rings. The van der Waals surface area contributed by atoms with Crippen molar-refractivity contribution in [3.8, 4) is 11.5 Å². The fourth-order valence-corrected chi connectivity index (χ4v) is 2.65. The summed E-state index contributed by atoms with van der Waals surface area (Å²) in [6, 6.07) is 5.84. The molecule has 0 fully saturated rings. The molecule has 2 N–H and O–H groups in total. The Labute approximate surface area is 145 Å². The van der Waals surface area contributed by atoms with Crippen molar-refractivity contribution in [2.75, 3.05) is 26.1 Å². The number of thiazole rings is 1. The van der Waals surface area contributed by atoms with Crippen molar-refractivity contribution in [3.05, 3.63) is 47.1 Å². The van der Waals surface area contributed by atoms with Crippen LogP contribution in [0.15, 0.2) is 41.5 Å². The summed E-state index contributed by atoms with van der Waals surface area (Å²) in [6.45, 7) is 2.57. The summed E-state index contributed by atoms with van der Waals surface area (Å²) in [5.41, 5.74) is 1.92. The van der Waals surface area contributed by atoms with E-state index in [9.17, 15) is 4.79 Å². The molecule has 0 aliphatic heterocycles. The third kappa shape index (κ3) is 5.27. The Bertz CT molecular complexity index is 699. The van der Waals surface area contributed by atoms with E-state index < -0.39 is 0 Å². The first kappa shape index (κ1) is 17.8. The van der Waals surface area contributed by atoms with Crippen molar-refractivity contribution < 1.29 is 14.3 Å². The number of hydrogen-bond acceptors (Lipinski definition) is 6. The standard InChI is InChI=1S/C17H21N3O3S/c1-12(10-16(21)20-17-19-8-9-24-17)18-7-6-13-4-5-14(22-2)15(11-13)23-3/h4-5,8-11,18H,6-7H2,1-3H3,(H,19,20,21)/b12-10+. The molecule has 1 aromatic carbocycles. The molecule has 0 unspecified atom stereocenters. The van der Waals surface area contributed by atoms with Crippen molar-refractivity contribution in [3.63, 3.8) is 0 Å². The van der Waals surface area contributed by atoms with E-state index in [0.29, 0.717) is 23.2 Å². The van der Waals surface area contributed by atoms with Gasteiger partial charge in [0, 0.05) is 29.9 Å². The van der Waals surface area contributed by atoms with Crippen molar-refractivity contribution in [2.24, 2.45) is 0 Å². The first-order valence-corrected chi connectivity index (χ1v) is 8.34. The summed E-state index contributed by atoms with van der Waals surface area (Å²) in [4.78, 5) is 15.8. The van der Waals surface area contributed by atoms with E-state index in [0.717, 1.165) is 17.7 Å². The number of rotatable bonds is 8. The predicted octanol–water partition coefficient (Wildman–Crippen LogP) is 2.83. The molecular weight excluding hydrogens is 326 g/mol. The van der Waals surface area contributed by atoms with Crippen LogP contribution >= 0.6 is 11.3 Å². The summed E-state index contributed by atoms with van der Waals surface area (Å²) in [6.07, 6.45) is 3.98. The molecule has 0 atom stereocenters. The zero-order valence-electron chi connectivity index (χ0n) is 14.0. The Morgan fingerprint density at radius 1 is 1.29 bits per heavy atom. The van der Waals surface area contributed by atoms with Gasteiger partial charge in [0.05, 0.1) is 14.2 Å². The summed E-state index contributed by atoms with van der Waals surface area (Å²) in [7, 11) is 3.23. The van der Waals surface area contributed by atoms with Gasteiger partial charge >= 0.3 is 0 Å². The van der Waals surface area contributed by atoms with Crippen LogP contribution in [0.25, 0.3) is 0 Å². The van der Waals surface area contributed by atoms with Crippen LogP contribution in [-0.4, -0.2) is 31.7 Å². The molecule has 1 aromatic heterocycles. The van der Waals surface area contributed by atoms with Crippen molar-refractivity contribution in [2.45, 2.75) is 13.3 Å². The third-order valence-electron chi connectivity index (χ3n) is 3.28. The number of allylic oxidation sites excluding steroid dienone is 1. The highest BCUT2D eigenvalue weighted by Crippen LogP contribution is 2.27. The maximum absolute atomic E-state index is 11.8. The molecular formula is C17H21N3O3S. The zero-order valence-corrected chi connectivity index (χ0v) is 14.8. The van der Waals surface area contributed by atoms with Crippen LogP contribution in [0.2, 0.25) is 0 Å². The number of nitrogens with zero attached hydrogens (tertiary/aromatic N) is 1. The van der Waals surface area contributed by atoms with Crippen LogP contribution in [0.1, 0.15) is 12.5 Å². The van der Waals surface area contributed by atoms with E-state index in [4.69, 9.17) is 9.47 Å². The minimum Gasteiger partial charge on any atom is -0.493 e. The fourth-order valence-electron chi connectivity index (χ4n) is 2.11. The molecule has 6 nitrogen and oxygen atoms in total. The number of ether oxygens (including phenoxy) is 2. The van der Waals surface area contributed by atoms with Crippen LogP contribution in [-0.2, 0) is 11.2 Å². The largest absolute Gasteiger partial charge is 0.493 e. The van der Waals surface area contributed by atoms with E-state index in [1.807, 2.05) is 30.5 Å². The van der Waals surface area contributed by atoms with Gasteiger partial charge in [-0.25, -0.2) is 4.98 Å². The highest BCUT2D eigenvalue weighted by atomic mass is 32.1. The maximum Gasteiger partial charge on any atom is 0.251 e. The molecule has 0 saturated carbocycles. The van der Waals surface area contributed by atoms with Gasteiger partial charge in [0.25, 0.3) is 5.91 Å². The number of aromatic nitrogens is 1. The number of carbonyl (C=O) groups excluding carboxylic acids is 1. The molecule has 0 bridgehead atoms. The summed E-state index contributed by atoms with van der Waals surface area (Å²) < 4.78 is 10.5. The van der Waals surface area contributed by atoms with Gasteiger partial charge in [-0.3, -0.25) is 10.1 Å². The van der Waals surface area contributed by atoms with Gasteiger partial charge in [0.15, 0.2) is 16.6 Å². The number of amides is 1. The number of methoxy groups -OCH3 is 2. The molecule has 0 saturated heterocycles. The second-order valence-electron chi connectivity index (χ2n) is 5.02. The van der Waals surface area contributed by atoms with Crippen LogP contribution in [0.5, 0.6) is 11.5 Å². The predicted molar refractivity (Wildman–Crippen MR) is 95.8 cm³/mol. The normalized spacial score (nSPS) is 11.0. The van der Waals surface area contributed by atoms with Gasteiger partial charge in [-0.1, -0.05) is 6.07 Å². The molecule has 0 spiro atoms. The lowest BCUT2D eigenvalue weighted by atomic mass is 10.1. The number of benzene rings is 1. The SMILES string of the molecule is COc1ccc(CCN/C(C)=C/C(=O)Nc2nccs2)cc1OC. The van der Waals surface area contributed by atoms with Crippen LogP contribution in [0.3, 0.4) is 0 Å². The smallest absolute Gasteiger partial charge is 0.251 e. The van der Waals surface area contributed by atoms with Crippen molar-refractivity contribution in [1.29, 1.82) is 0 Å².